The van der Waals surface area contributed by atoms with Gasteiger partial charge in [-0.1, -0.05) is 37.6 Å². The molecule has 1 atom stereocenters. The highest BCUT2D eigenvalue weighted by atomic mass is 35.5. The van der Waals surface area contributed by atoms with Crippen molar-refractivity contribution in [2.75, 3.05) is 26.7 Å². The van der Waals surface area contributed by atoms with E-state index < -0.39 is 6.04 Å². The second-order valence-electron chi connectivity index (χ2n) is 8.93. The molecule has 2 aromatic carbocycles. The summed E-state index contributed by atoms with van der Waals surface area (Å²) < 4.78 is 5.16. The van der Waals surface area contributed by atoms with Crippen LogP contribution in [0.25, 0.3) is 0 Å². The molecule has 1 saturated heterocycles. The molecule has 1 aliphatic heterocycles. The number of likely N-dealkylation sites (tertiary alicyclic amines) is 1. The molecule has 0 aliphatic carbocycles. The lowest BCUT2D eigenvalue weighted by Crippen LogP contribution is -2.54. The minimum absolute atomic E-state index is 0.0537. The lowest BCUT2D eigenvalue weighted by atomic mass is 9.88. The summed E-state index contributed by atoms with van der Waals surface area (Å²) in [5, 5.41) is 6.18. The van der Waals surface area contributed by atoms with E-state index in [9.17, 15) is 14.4 Å². The Kier molecular flexibility index (Phi) is 8.93. The number of piperidine rings is 1. The monoisotopic (exact) mass is 485 g/mol. The standard InChI is InChI=1S/C26H32ClN3O4/c1-17(2)16-28-25(32)23(29-24(31)21-6-4-5-7-22(21)27)18-12-14-30(15-13-18)26(33)19-8-10-20(34-3)11-9-19/h4-11,17-18,23H,12-16H2,1-3H3,(H,28,32)(H,29,31)/t23-/m1/s1. The lowest BCUT2D eigenvalue weighted by Gasteiger charge is -2.36. The Bertz CT molecular complexity index is 1000. The van der Waals surface area contributed by atoms with Crippen molar-refractivity contribution in [2.24, 2.45) is 11.8 Å². The molecule has 0 unspecified atom stereocenters. The van der Waals surface area contributed by atoms with Gasteiger partial charge < -0.3 is 20.3 Å². The summed E-state index contributed by atoms with van der Waals surface area (Å²) in [6, 6.07) is 13.1. The van der Waals surface area contributed by atoms with Gasteiger partial charge in [0.2, 0.25) is 5.91 Å². The average molecular weight is 486 g/mol. The van der Waals surface area contributed by atoms with Gasteiger partial charge in [-0.25, -0.2) is 0 Å². The van der Waals surface area contributed by atoms with E-state index in [4.69, 9.17) is 16.3 Å². The minimum atomic E-state index is -0.708. The number of methoxy groups -OCH3 is 1. The third-order valence-electron chi connectivity index (χ3n) is 6.01. The molecule has 2 aromatic rings. The van der Waals surface area contributed by atoms with Crippen LogP contribution in [0.2, 0.25) is 5.02 Å². The molecular formula is C26H32ClN3O4. The van der Waals surface area contributed by atoms with Gasteiger partial charge in [0.05, 0.1) is 17.7 Å². The van der Waals surface area contributed by atoms with Crippen LogP contribution in [0.3, 0.4) is 0 Å². The molecule has 0 radical (unpaired) electrons. The van der Waals surface area contributed by atoms with Crippen molar-refractivity contribution in [1.29, 1.82) is 0 Å². The zero-order valence-electron chi connectivity index (χ0n) is 19.8. The van der Waals surface area contributed by atoms with Crippen molar-refractivity contribution in [3.05, 3.63) is 64.7 Å². The molecule has 3 rings (SSSR count). The fourth-order valence-electron chi connectivity index (χ4n) is 4.03. The highest BCUT2D eigenvalue weighted by molar-refractivity contribution is 6.33. The Labute approximate surface area is 205 Å². The van der Waals surface area contributed by atoms with E-state index in [1.165, 1.54) is 0 Å². The van der Waals surface area contributed by atoms with Gasteiger partial charge in [-0.15, -0.1) is 0 Å². The summed E-state index contributed by atoms with van der Waals surface area (Å²) in [6.07, 6.45) is 1.20. The second kappa shape index (κ2) is 11.9. The molecule has 2 N–H and O–H groups in total. The Morgan fingerprint density at radius 1 is 1.06 bits per heavy atom. The maximum Gasteiger partial charge on any atom is 0.253 e. The van der Waals surface area contributed by atoms with Crippen molar-refractivity contribution >= 4 is 29.3 Å². The van der Waals surface area contributed by atoms with Crippen LogP contribution in [0.4, 0.5) is 0 Å². The molecule has 1 heterocycles. The first-order valence-corrected chi connectivity index (χ1v) is 11.9. The van der Waals surface area contributed by atoms with Gasteiger partial charge in [-0.3, -0.25) is 14.4 Å². The van der Waals surface area contributed by atoms with Gasteiger partial charge in [0, 0.05) is 25.2 Å². The van der Waals surface area contributed by atoms with E-state index in [2.05, 4.69) is 10.6 Å². The minimum Gasteiger partial charge on any atom is -0.497 e. The molecule has 182 valence electrons. The number of carbonyl (C=O) groups is 3. The largest absolute Gasteiger partial charge is 0.497 e. The number of hydrogen-bond acceptors (Lipinski definition) is 4. The molecule has 7 nitrogen and oxygen atoms in total. The molecular weight excluding hydrogens is 454 g/mol. The Balaban J connectivity index is 1.68. The first-order chi connectivity index (χ1) is 16.3. The second-order valence-corrected chi connectivity index (χ2v) is 9.34. The molecule has 0 spiro atoms. The van der Waals surface area contributed by atoms with E-state index in [0.717, 1.165) is 0 Å². The van der Waals surface area contributed by atoms with Crippen LogP contribution < -0.4 is 15.4 Å². The van der Waals surface area contributed by atoms with Gasteiger partial charge in [0.15, 0.2) is 0 Å². The summed E-state index contributed by atoms with van der Waals surface area (Å²) in [5.74, 6) is 0.231. The summed E-state index contributed by atoms with van der Waals surface area (Å²) >= 11 is 6.19. The van der Waals surface area contributed by atoms with Gasteiger partial charge in [0.1, 0.15) is 11.8 Å². The summed E-state index contributed by atoms with van der Waals surface area (Å²) in [4.78, 5) is 40.7. The maximum absolute atomic E-state index is 13.0. The van der Waals surface area contributed by atoms with E-state index in [1.54, 1.807) is 60.5 Å². The molecule has 0 bridgehead atoms. The highest BCUT2D eigenvalue weighted by Gasteiger charge is 2.34. The molecule has 0 saturated carbocycles. The smallest absolute Gasteiger partial charge is 0.253 e. The molecule has 34 heavy (non-hydrogen) atoms. The fraction of sp³-hybridized carbons (Fsp3) is 0.423. The van der Waals surface area contributed by atoms with Gasteiger partial charge in [-0.2, -0.15) is 0 Å². The maximum atomic E-state index is 13.0. The quantitative estimate of drug-likeness (QED) is 0.595. The number of nitrogens with zero attached hydrogens (tertiary/aromatic N) is 1. The topological polar surface area (TPSA) is 87.7 Å². The normalized spacial score (nSPS) is 15.0. The number of ether oxygens (including phenoxy) is 1. The number of hydrogen-bond donors (Lipinski definition) is 2. The van der Waals surface area contributed by atoms with E-state index in [1.807, 2.05) is 13.8 Å². The van der Waals surface area contributed by atoms with Crippen molar-refractivity contribution < 1.29 is 19.1 Å². The predicted molar refractivity (Wildman–Crippen MR) is 132 cm³/mol. The number of rotatable bonds is 8. The summed E-state index contributed by atoms with van der Waals surface area (Å²) in [6.45, 7) is 5.56. The summed E-state index contributed by atoms with van der Waals surface area (Å²) in [5.41, 5.74) is 0.926. The van der Waals surface area contributed by atoms with Crippen molar-refractivity contribution in [2.45, 2.75) is 32.7 Å². The van der Waals surface area contributed by atoms with Crippen LogP contribution >= 0.6 is 11.6 Å². The predicted octanol–water partition coefficient (Wildman–Crippen LogP) is 3.77. The average Bonchev–Trinajstić information content (AvgIpc) is 2.85. The number of carbonyl (C=O) groups excluding carboxylic acids is 3. The molecule has 1 aliphatic rings. The van der Waals surface area contributed by atoms with Crippen LogP contribution in [0, 0.1) is 11.8 Å². The van der Waals surface area contributed by atoms with Gasteiger partial charge in [-0.05, 0) is 61.1 Å². The van der Waals surface area contributed by atoms with Crippen LogP contribution in [-0.4, -0.2) is 55.4 Å². The van der Waals surface area contributed by atoms with Crippen LogP contribution in [-0.2, 0) is 4.79 Å². The Morgan fingerprint density at radius 3 is 2.29 bits per heavy atom. The molecule has 3 amide bonds. The van der Waals surface area contributed by atoms with Crippen LogP contribution in [0.1, 0.15) is 47.4 Å². The van der Waals surface area contributed by atoms with Gasteiger partial charge >= 0.3 is 0 Å². The SMILES string of the molecule is COc1ccc(C(=O)N2CCC([C@@H](NC(=O)c3ccccc3Cl)C(=O)NCC(C)C)CC2)cc1. The summed E-state index contributed by atoms with van der Waals surface area (Å²) in [7, 11) is 1.58. The molecule has 0 aromatic heterocycles. The molecule has 8 heteroatoms. The van der Waals surface area contributed by atoms with Crippen molar-refractivity contribution in [1.82, 2.24) is 15.5 Å². The third kappa shape index (κ3) is 6.50. The number of amides is 3. The fourth-order valence-corrected chi connectivity index (χ4v) is 4.25. The van der Waals surface area contributed by atoms with E-state index >= 15 is 0 Å². The zero-order valence-corrected chi connectivity index (χ0v) is 20.6. The first kappa shape index (κ1) is 25.6. The first-order valence-electron chi connectivity index (χ1n) is 11.6. The van der Waals surface area contributed by atoms with E-state index in [-0.39, 0.29) is 29.6 Å². The Hall–Kier alpha value is -3.06. The molecule has 1 fully saturated rings. The Morgan fingerprint density at radius 2 is 1.71 bits per heavy atom. The van der Waals surface area contributed by atoms with E-state index in [0.29, 0.717) is 54.4 Å². The number of nitrogens with one attached hydrogen (secondary N) is 2. The lowest BCUT2D eigenvalue weighted by molar-refractivity contribution is -0.124. The third-order valence-corrected chi connectivity index (χ3v) is 6.34. The number of benzene rings is 2. The van der Waals surface area contributed by atoms with Crippen molar-refractivity contribution in [3.8, 4) is 5.75 Å². The highest BCUT2D eigenvalue weighted by Crippen LogP contribution is 2.24. The van der Waals surface area contributed by atoms with Crippen LogP contribution in [0.15, 0.2) is 48.5 Å². The van der Waals surface area contributed by atoms with Crippen molar-refractivity contribution in [3.63, 3.8) is 0 Å². The number of halogens is 1. The van der Waals surface area contributed by atoms with Gasteiger partial charge in [0.25, 0.3) is 11.8 Å². The zero-order chi connectivity index (χ0) is 24.7. The van der Waals surface area contributed by atoms with Crippen LogP contribution in [0.5, 0.6) is 5.75 Å².